The van der Waals surface area contributed by atoms with Crippen LogP contribution in [0.5, 0.6) is 0 Å². The van der Waals surface area contributed by atoms with Gasteiger partial charge in [-0.1, -0.05) is 12.5 Å². The molecule has 7 heteroatoms. The Kier molecular flexibility index (Phi) is 5.15. The molecule has 1 aliphatic heterocycles. The van der Waals surface area contributed by atoms with Crippen molar-refractivity contribution in [1.29, 1.82) is 0 Å². The molecule has 2 fully saturated rings. The van der Waals surface area contributed by atoms with Crippen molar-refractivity contribution in [3.05, 3.63) is 23.8 Å². The van der Waals surface area contributed by atoms with Crippen LogP contribution in [0, 0.1) is 17.8 Å². The highest BCUT2D eigenvalue weighted by Gasteiger charge is 2.40. The molecule has 5 nitrogen and oxygen atoms in total. The molecule has 25 heavy (non-hydrogen) atoms. The molecule has 2 aliphatic carbocycles. The van der Waals surface area contributed by atoms with E-state index in [0.717, 1.165) is 31.2 Å². The maximum Gasteiger partial charge on any atom is 0.227 e. The summed E-state index contributed by atoms with van der Waals surface area (Å²) in [4.78, 5) is 13.0. The first kappa shape index (κ1) is 18.7. The van der Waals surface area contributed by atoms with E-state index in [4.69, 9.17) is 5.73 Å². The molecule has 0 spiro atoms. The molecule has 1 heterocycles. The summed E-state index contributed by atoms with van der Waals surface area (Å²) in [6.45, 7) is 0. The first-order valence-corrected chi connectivity index (χ1v) is 10.5. The molecule has 1 aromatic carbocycles. The van der Waals surface area contributed by atoms with Gasteiger partial charge in [-0.15, -0.1) is 12.4 Å². The second-order valence-electron chi connectivity index (χ2n) is 7.58. The maximum atomic E-state index is 12.7. The van der Waals surface area contributed by atoms with E-state index in [2.05, 4.69) is 5.32 Å². The second-order valence-corrected chi connectivity index (χ2v) is 9.65. The van der Waals surface area contributed by atoms with E-state index >= 15 is 0 Å². The van der Waals surface area contributed by atoms with Crippen LogP contribution in [0.1, 0.15) is 37.7 Å². The molecule has 3 aliphatic rings. The van der Waals surface area contributed by atoms with Gasteiger partial charge < -0.3 is 11.1 Å². The van der Waals surface area contributed by atoms with Gasteiger partial charge in [-0.05, 0) is 61.6 Å². The Morgan fingerprint density at radius 1 is 1.16 bits per heavy atom. The van der Waals surface area contributed by atoms with Gasteiger partial charge in [0.2, 0.25) is 5.91 Å². The molecule has 2 saturated carbocycles. The van der Waals surface area contributed by atoms with Gasteiger partial charge in [0, 0.05) is 17.6 Å². The van der Waals surface area contributed by atoms with Crippen molar-refractivity contribution in [2.75, 3.05) is 11.1 Å². The van der Waals surface area contributed by atoms with Gasteiger partial charge in [0.25, 0.3) is 0 Å². The fraction of sp³-hybridized carbons (Fsp3) is 0.611. The average Bonchev–Trinajstić information content (AvgIpc) is 2.82. The number of amides is 1. The van der Waals surface area contributed by atoms with Crippen molar-refractivity contribution < 1.29 is 13.2 Å². The molecule has 3 N–H and O–H groups in total. The zero-order valence-electron chi connectivity index (χ0n) is 14.1. The molecule has 4 rings (SSSR count). The van der Waals surface area contributed by atoms with Gasteiger partial charge in [0.1, 0.15) is 0 Å². The third-order valence-electron chi connectivity index (χ3n) is 6.09. The molecule has 138 valence electrons. The maximum absolute atomic E-state index is 12.7. The number of hydrogen-bond acceptors (Lipinski definition) is 4. The number of benzene rings is 1. The number of sulfone groups is 1. The monoisotopic (exact) mass is 384 g/mol. The fourth-order valence-corrected chi connectivity index (χ4v) is 6.31. The summed E-state index contributed by atoms with van der Waals surface area (Å²) in [5, 5.41) is 2.94. The largest absolute Gasteiger partial charge is 0.327 e. The minimum atomic E-state index is -3.18. The summed E-state index contributed by atoms with van der Waals surface area (Å²) in [5.74, 6) is 1.07. The smallest absolute Gasteiger partial charge is 0.227 e. The molecular formula is C18H25ClN2O3S. The van der Waals surface area contributed by atoms with E-state index in [1.54, 1.807) is 6.07 Å². The topological polar surface area (TPSA) is 89.3 Å². The third kappa shape index (κ3) is 3.44. The molecule has 2 atom stereocenters. The lowest BCUT2D eigenvalue weighted by Gasteiger charge is -2.43. The van der Waals surface area contributed by atoms with E-state index in [9.17, 15) is 13.2 Å². The van der Waals surface area contributed by atoms with Gasteiger partial charge in [0.05, 0.1) is 10.6 Å². The Morgan fingerprint density at radius 2 is 1.84 bits per heavy atom. The predicted molar refractivity (Wildman–Crippen MR) is 99.6 cm³/mol. The van der Waals surface area contributed by atoms with E-state index in [-0.39, 0.29) is 36.0 Å². The third-order valence-corrected chi connectivity index (χ3v) is 7.89. The number of nitrogens with two attached hydrogens (primary N) is 1. The summed E-state index contributed by atoms with van der Waals surface area (Å²) in [7, 11) is -3.18. The number of aryl methyl sites for hydroxylation is 1. The summed E-state index contributed by atoms with van der Waals surface area (Å²) >= 11 is 0. The van der Waals surface area contributed by atoms with E-state index < -0.39 is 9.84 Å². The Labute approximate surface area is 155 Å². The highest BCUT2D eigenvalue weighted by atomic mass is 35.5. The van der Waals surface area contributed by atoms with Crippen LogP contribution < -0.4 is 11.1 Å². The van der Waals surface area contributed by atoms with Gasteiger partial charge in [-0.25, -0.2) is 8.42 Å². The van der Waals surface area contributed by atoms with Gasteiger partial charge in [-0.2, -0.15) is 0 Å². The van der Waals surface area contributed by atoms with Crippen LogP contribution in [-0.4, -0.2) is 26.1 Å². The van der Waals surface area contributed by atoms with Crippen molar-refractivity contribution in [1.82, 2.24) is 0 Å². The van der Waals surface area contributed by atoms with E-state index in [0.29, 0.717) is 28.8 Å². The summed E-state index contributed by atoms with van der Waals surface area (Å²) in [5.41, 5.74) is 7.73. The van der Waals surface area contributed by atoms with Crippen LogP contribution in [0.3, 0.4) is 0 Å². The Bertz CT molecular complexity index is 767. The van der Waals surface area contributed by atoms with Crippen LogP contribution in [0.25, 0.3) is 0 Å². The lowest BCUT2D eigenvalue weighted by atomic mass is 9.65. The van der Waals surface area contributed by atoms with Crippen molar-refractivity contribution in [3.8, 4) is 0 Å². The lowest BCUT2D eigenvalue weighted by Crippen LogP contribution is -2.48. The molecule has 0 saturated heterocycles. The molecule has 2 unspecified atom stereocenters. The number of rotatable bonds is 2. The SMILES string of the molecule is Cl.NC1C2CCCC1CC(C(=O)Nc1ccc3c(c1)S(=O)(=O)CC3)C2. The molecule has 0 aromatic heterocycles. The number of nitrogens with one attached hydrogen (secondary N) is 1. The average molecular weight is 385 g/mol. The molecule has 2 bridgehead atoms. The Hall–Kier alpha value is -1.11. The number of hydrogen-bond donors (Lipinski definition) is 2. The lowest BCUT2D eigenvalue weighted by molar-refractivity contribution is -0.122. The molecule has 0 radical (unpaired) electrons. The quantitative estimate of drug-likeness (QED) is 0.819. The van der Waals surface area contributed by atoms with Crippen molar-refractivity contribution in [2.24, 2.45) is 23.5 Å². The second kappa shape index (κ2) is 6.89. The first-order valence-electron chi connectivity index (χ1n) is 8.86. The van der Waals surface area contributed by atoms with Crippen molar-refractivity contribution >= 4 is 33.8 Å². The minimum absolute atomic E-state index is 0. The van der Waals surface area contributed by atoms with Crippen LogP contribution in [0.15, 0.2) is 23.1 Å². The van der Waals surface area contributed by atoms with Gasteiger partial charge in [-0.3, -0.25) is 4.79 Å². The molecular weight excluding hydrogens is 360 g/mol. The summed E-state index contributed by atoms with van der Waals surface area (Å²) in [6.07, 6.45) is 5.74. The van der Waals surface area contributed by atoms with Gasteiger partial charge >= 0.3 is 0 Å². The van der Waals surface area contributed by atoms with E-state index in [1.807, 2.05) is 12.1 Å². The minimum Gasteiger partial charge on any atom is -0.327 e. The predicted octanol–water partition coefficient (Wildman–Crippen LogP) is 2.53. The van der Waals surface area contributed by atoms with E-state index in [1.165, 1.54) is 6.42 Å². The number of carbonyl (C=O) groups is 1. The number of carbonyl (C=O) groups excluding carboxylic acids is 1. The molecule has 1 amide bonds. The number of anilines is 1. The Morgan fingerprint density at radius 3 is 2.52 bits per heavy atom. The standard InChI is InChI=1S/C18H24N2O3S.ClH/c19-17-12-2-1-3-13(17)9-14(8-12)18(21)20-15-5-4-11-6-7-24(22,23)16(11)10-15;/h4-5,10,12-14,17H,1-3,6-9,19H2,(H,20,21);1H. The summed E-state index contributed by atoms with van der Waals surface area (Å²) < 4.78 is 24.1. The summed E-state index contributed by atoms with van der Waals surface area (Å²) in [6, 6.07) is 5.49. The van der Waals surface area contributed by atoms with Crippen molar-refractivity contribution in [2.45, 2.75) is 49.5 Å². The van der Waals surface area contributed by atoms with Gasteiger partial charge in [0.15, 0.2) is 9.84 Å². The van der Waals surface area contributed by atoms with Crippen LogP contribution in [0.2, 0.25) is 0 Å². The molecule has 1 aromatic rings. The number of fused-ring (bicyclic) bond motifs is 3. The highest BCUT2D eigenvalue weighted by Crippen LogP contribution is 2.42. The fourth-order valence-electron chi connectivity index (χ4n) is 4.73. The zero-order chi connectivity index (χ0) is 16.9. The van der Waals surface area contributed by atoms with Crippen LogP contribution in [0.4, 0.5) is 5.69 Å². The first-order chi connectivity index (χ1) is 11.4. The normalized spacial score (nSPS) is 32.4. The number of halogens is 1. The van der Waals surface area contributed by atoms with Crippen LogP contribution >= 0.6 is 12.4 Å². The highest BCUT2D eigenvalue weighted by molar-refractivity contribution is 7.91. The van der Waals surface area contributed by atoms with Crippen LogP contribution in [-0.2, 0) is 21.1 Å². The Balaban J connectivity index is 0.00000182. The van der Waals surface area contributed by atoms with Crippen molar-refractivity contribution in [3.63, 3.8) is 0 Å². The zero-order valence-corrected chi connectivity index (χ0v) is 15.7.